The van der Waals surface area contributed by atoms with E-state index in [0.717, 1.165) is 38.9 Å². The fraction of sp³-hybridized carbons (Fsp3) is 0.762. The van der Waals surface area contributed by atoms with Gasteiger partial charge < -0.3 is 19.6 Å². The number of hydrogen-bond donors (Lipinski definition) is 1. The number of nitrogens with one attached hydrogen (secondary N) is 1. The van der Waals surface area contributed by atoms with E-state index in [9.17, 15) is 14.4 Å². The molecule has 3 heterocycles. The molecule has 1 atom stereocenters. The van der Waals surface area contributed by atoms with Crippen LogP contribution >= 0.6 is 0 Å². The molecule has 10 nitrogen and oxygen atoms in total. The van der Waals surface area contributed by atoms with Gasteiger partial charge in [0.05, 0.1) is 19.1 Å². The molecule has 31 heavy (non-hydrogen) atoms. The Morgan fingerprint density at radius 2 is 1.97 bits per heavy atom. The van der Waals surface area contributed by atoms with Crippen molar-refractivity contribution in [1.82, 2.24) is 30.2 Å². The van der Waals surface area contributed by atoms with Gasteiger partial charge in [-0.2, -0.15) is 4.98 Å². The highest BCUT2D eigenvalue weighted by Gasteiger charge is 2.48. The lowest BCUT2D eigenvalue weighted by Gasteiger charge is -2.40. The van der Waals surface area contributed by atoms with Gasteiger partial charge in [-0.3, -0.25) is 19.3 Å². The molecule has 0 aromatic carbocycles. The summed E-state index contributed by atoms with van der Waals surface area (Å²) in [5.74, 6) is 0.943. The lowest BCUT2D eigenvalue weighted by Crippen LogP contribution is -2.46. The lowest BCUT2D eigenvalue weighted by molar-refractivity contribution is -0.136. The average molecular weight is 435 g/mol. The number of aromatic nitrogens is 2. The van der Waals surface area contributed by atoms with Gasteiger partial charge in [0.1, 0.15) is 0 Å². The zero-order valence-electron chi connectivity index (χ0n) is 19.2. The number of carbonyl (C=O) groups excluding carboxylic acids is 3. The fourth-order valence-electron chi connectivity index (χ4n) is 4.61. The highest BCUT2D eigenvalue weighted by atomic mass is 16.5. The predicted molar refractivity (Wildman–Crippen MR) is 113 cm³/mol. The van der Waals surface area contributed by atoms with E-state index in [2.05, 4.69) is 20.4 Å². The number of likely N-dealkylation sites (tertiary alicyclic amines) is 2. The van der Waals surface area contributed by atoms with Crippen molar-refractivity contribution in [3.63, 3.8) is 0 Å². The first-order valence-electron chi connectivity index (χ1n) is 10.9. The molecule has 2 fully saturated rings. The number of hydrogen-bond acceptors (Lipinski definition) is 7. The first kappa shape index (κ1) is 23.2. The highest BCUT2D eigenvalue weighted by Crippen LogP contribution is 2.48. The summed E-state index contributed by atoms with van der Waals surface area (Å²) in [4.78, 5) is 46.7. The first-order chi connectivity index (χ1) is 14.6. The van der Waals surface area contributed by atoms with E-state index in [-0.39, 0.29) is 48.2 Å². The van der Waals surface area contributed by atoms with Crippen molar-refractivity contribution < 1.29 is 18.9 Å². The molecule has 1 aromatic rings. The van der Waals surface area contributed by atoms with Crippen LogP contribution in [0.1, 0.15) is 50.9 Å². The summed E-state index contributed by atoms with van der Waals surface area (Å²) >= 11 is 0. The summed E-state index contributed by atoms with van der Waals surface area (Å²) in [5, 5.41) is 6.47. The molecule has 0 saturated carbocycles. The third-order valence-electron chi connectivity index (χ3n) is 6.49. The van der Waals surface area contributed by atoms with Gasteiger partial charge in [0.15, 0.2) is 5.82 Å². The number of amides is 3. The summed E-state index contributed by atoms with van der Waals surface area (Å²) in [5.41, 5.74) is 0.000442. The van der Waals surface area contributed by atoms with Crippen molar-refractivity contribution in [2.45, 2.75) is 46.1 Å². The smallest absolute Gasteiger partial charge is 0.244 e. The summed E-state index contributed by atoms with van der Waals surface area (Å²) in [6.45, 7) is 8.01. The predicted octanol–water partition coefficient (Wildman–Crippen LogP) is 0.594. The van der Waals surface area contributed by atoms with E-state index < -0.39 is 0 Å². The minimum absolute atomic E-state index is 0.000442. The number of piperidine rings is 1. The Bertz CT molecular complexity index is 815. The second kappa shape index (κ2) is 9.33. The molecule has 2 saturated heterocycles. The molecular formula is C21H34N6O4. The summed E-state index contributed by atoms with van der Waals surface area (Å²) < 4.78 is 5.47. The van der Waals surface area contributed by atoms with Gasteiger partial charge in [0.25, 0.3) is 0 Å². The van der Waals surface area contributed by atoms with Crippen LogP contribution in [0.25, 0.3) is 0 Å². The minimum atomic E-state index is -0.208. The van der Waals surface area contributed by atoms with E-state index in [1.807, 2.05) is 18.7 Å². The monoisotopic (exact) mass is 434 g/mol. The topological polar surface area (TPSA) is 112 Å². The van der Waals surface area contributed by atoms with Crippen LogP contribution in [-0.4, -0.2) is 89.4 Å². The molecule has 1 spiro atoms. The van der Waals surface area contributed by atoms with Crippen LogP contribution in [0.3, 0.4) is 0 Å². The Labute approximate surface area is 183 Å². The maximum absolute atomic E-state index is 12.8. The second-order valence-corrected chi connectivity index (χ2v) is 9.21. The van der Waals surface area contributed by atoms with Gasteiger partial charge in [-0.1, -0.05) is 19.0 Å². The molecule has 0 radical (unpaired) electrons. The molecule has 0 bridgehead atoms. The van der Waals surface area contributed by atoms with Gasteiger partial charge in [-0.25, -0.2) is 0 Å². The minimum Gasteiger partial charge on any atom is -0.358 e. The Balaban J connectivity index is 1.72. The molecule has 172 valence electrons. The van der Waals surface area contributed by atoms with E-state index in [1.54, 1.807) is 21.0 Å². The number of likely N-dealkylation sites (N-methyl/N-ethyl adjacent to an activating group) is 2. The van der Waals surface area contributed by atoms with Crippen molar-refractivity contribution in [2.75, 3.05) is 46.8 Å². The summed E-state index contributed by atoms with van der Waals surface area (Å²) in [7, 11) is 3.18. The molecule has 10 heteroatoms. The van der Waals surface area contributed by atoms with Crippen molar-refractivity contribution in [1.29, 1.82) is 0 Å². The number of carbonyl (C=O) groups is 3. The van der Waals surface area contributed by atoms with Crippen LogP contribution in [0.15, 0.2) is 4.52 Å². The van der Waals surface area contributed by atoms with Crippen LogP contribution in [0, 0.1) is 18.3 Å². The van der Waals surface area contributed by atoms with Crippen LogP contribution in [-0.2, 0) is 14.4 Å². The van der Waals surface area contributed by atoms with Gasteiger partial charge in [-0.05, 0) is 31.6 Å². The van der Waals surface area contributed by atoms with E-state index in [4.69, 9.17) is 4.52 Å². The van der Waals surface area contributed by atoms with Gasteiger partial charge in [0, 0.05) is 39.6 Å². The maximum Gasteiger partial charge on any atom is 0.244 e. The molecule has 1 unspecified atom stereocenters. The zero-order valence-corrected chi connectivity index (χ0v) is 19.2. The van der Waals surface area contributed by atoms with Crippen molar-refractivity contribution >= 4 is 17.7 Å². The van der Waals surface area contributed by atoms with Crippen molar-refractivity contribution in [2.24, 2.45) is 11.3 Å². The number of aryl methyl sites for hydroxylation is 1. The van der Waals surface area contributed by atoms with E-state index in [0.29, 0.717) is 11.7 Å². The molecule has 0 aliphatic carbocycles. The second-order valence-electron chi connectivity index (χ2n) is 9.21. The zero-order chi connectivity index (χ0) is 22.8. The third kappa shape index (κ3) is 5.23. The summed E-state index contributed by atoms with van der Waals surface area (Å²) in [6, 6.07) is -0.147. The Morgan fingerprint density at radius 3 is 2.52 bits per heavy atom. The first-order valence-corrected chi connectivity index (χ1v) is 10.9. The largest absolute Gasteiger partial charge is 0.358 e. The van der Waals surface area contributed by atoms with Crippen LogP contribution in [0.4, 0.5) is 0 Å². The van der Waals surface area contributed by atoms with Crippen molar-refractivity contribution in [3.05, 3.63) is 11.7 Å². The molecule has 1 aromatic heterocycles. The van der Waals surface area contributed by atoms with E-state index in [1.165, 1.54) is 4.90 Å². The molecule has 3 amide bonds. The Morgan fingerprint density at radius 1 is 1.29 bits per heavy atom. The van der Waals surface area contributed by atoms with Gasteiger partial charge >= 0.3 is 0 Å². The number of rotatable bonds is 6. The van der Waals surface area contributed by atoms with Crippen LogP contribution in [0.2, 0.25) is 0 Å². The number of nitrogens with zero attached hydrogens (tertiary/aromatic N) is 5. The standard InChI is InChI=1S/C21H34N6O4/c1-14(2)20(30)26-8-6-21(7-9-26)10-16(19-23-15(3)24-31-19)27(13-21)12-18(29)25(5)11-17(28)22-4/h14,16H,6-13H2,1-5H3,(H,22,28). The maximum atomic E-state index is 12.8. The Hall–Kier alpha value is -2.49. The lowest BCUT2D eigenvalue weighted by atomic mass is 9.76. The third-order valence-corrected chi connectivity index (χ3v) is 6.49. The van der Waals surface area contributed by atoms with Crippen LogP contribution in [0.5, 0.6) is 0 Å². The molecule has 2 aliphatic rings. The van der Waals surface area contributed by atoms with Crippen LogP contribution < -0.4 is 5.32 Å². The SMILES string of the molecule is CNC(=O)CN(C)C(=O)CN1CC2(CCN(C(=O)C(C)C)CC2)CC1c1nc(C)no1. The normalized spacial score (nSPS) is 21.0. The molecule has 3 rings (SSSR count). The fourth-order valence-corrected chi connectivity index (χ4v) is 4.61. The quantitative estimate of drug-likeness (QED) is 0.697. The van der Waals surface area contributed by atoms with Gasteiger partial charge in [-0.15, -0.1) is 0 Å². The molecular weight excluding hydrogens is 400 g/mol. The molecule has 2 aliphatic heterocycles. The Kier molecular flexibility index (Phi) is 6.98. The average Bonchev–Trinajstić information content (AvgIpc) is 3.31. The highest BCUT2D eigenvalue weighted by molar-refractivity contribution is 5.85. The van der Waals surface area contributed by atoms with E-state index >= 15 is 0 Å². The van der Waals surface area contributed by atoms with Crippen molar-refractivity contribution in [3.8, 4) is 0 Å². The molecule has 1 N–H and O–H groups in total. The van der Waals surface area contributed by atoms with Gasteiger partial charge in [0.2, 0.25) is 23.6 Å². The summed E-state index contributed by atoms with van der Waals surface area (Å²) in [6.07, 6.45) is 2.58.